The number of piperazine rings is 1. The van der Waals surface area contributed by atoms with Gasteiger partial charge in [-0.1, -0.05) is 23.7 Å². The van der Waals surface area contributed by atoms with Gasteiger partial charge >= 0.3 is 18.0 Å². The molecule has 2 amide bonds. The number of amidine groups is 1. The summed E-state index contributed by atoms with van der Waals surface area (Å²) in [6.07, 6.45) is 1.61. The number of nitrogens with one attached hydrogen (secondary N) is 1. The highest BCUT2D eigenvalue weighted by atomic mass is 35.5. The third kappa shape index (κ3) is 5.48. The minimum absolute atomic E-state index is 0.00695. The fourth-order valence-corrected chi connectivity index (χ4v) is 6.47. The third-order valence-corrected chi connectivity index (χ3v) is 8.77. The van der Waals surface area contributed by atoms with E-state index >= 15 is 0 Å². The molecule has 2 fully saturated rings. The second-order valence-corrected chi connectivity index (χ2v) is 12.4. The molecule has 2 saturated heterocycles. The van der Waals surface area contributed by atoms with Gasteiger partial charge in [-0.05, 0) is 33.8 Å². The second kappa shape index (κ2) is 11.6. The van der Waals surface area contributed by atoms with Crippen molar-refractivity contribution in [1.29, 1.82) is 0 Å². The Bertz CT molecular complexity index is 1460. The van der Waals surface area contributed by atoms with Crippen molar-refractivity contribution in [2.75, 3.05) is 32.8 Å². The third-order valence-electron chi connectivity index (χ3n) is 7.59. The van der Waals surface area contributed by atoms with Gasteiger partial charge in [0.2, 0.25) is 0 Å². The number of carboxylic acid groups (broad SMARTS) is 1. The molecule has 3 aliphatic heterocycles. The molecule has 1 aromatic heterocycles. The Morgan fingerprint density at radius 3 is 2.69 bits per heavy atom. The molecule has 11 nitrogen and oxygen atoms in total. The predicted molar refractivity (Wildman–Crippen MR) is 155 cm³/mol. The number of esters is 1. The first kappa shape index (κ1) is 29.9. The van der Waals surface area contributed by atoms with E-state index in [1.54, 1.807) is 39.3 Å². The Hall–Kier alpha value is -3.55. The van der Waals surface area contributed by atoms with E-state index in [9.17, 15) is 23.9 Å². The van der Waals surface area contributed by atoms with Crippen LogP contribution in [0.3, 0.4) is 0 Å². The molecule has 0 radical (unpaired) electrons. The maximum atomic E-state index is 14.6. The summed E-state index contributed by atoms with van der Waals surface area (Å²) in [6, 6.07) is 1.40. The number of aromatic nitrogens is 1. The molecular formula is C28H32ClFN6O5S. The average Bonchev–Trinajstić information content (AvgIpc) is 3.58. The minimum atomic E-state index is -1.08. The van der Waals surface area contributed by atoms with Gasteiger partial charge in [-0.2, -0.15) is 0 Å². The van der Waals surface area contributed by atoms with Crippen molar-refractivity contribution in [3.8, 4) is 0 Å². The van der Waals surface area contributed by atoms with Gasteiger partial charge in [-0.15, -0.1) is 11.3 Å². The molecule has 0 unspecified atom stereocenters. The Kier molecular flexibility index (Phi) is 8.28. The summed E-state index contributed by atoms with van der Waals surface area (Å²) < 4.78 is 20.0. The van der Waals surface area contributed by atoms with Gasteiger partial charge in [0.1, 0.15) is 17.9 Å². The van der Waals surface area contributed by atoms with Crippen LogP contribution in [0.15, 0.2) is 46.0 Å². The van der Waals surface area contributed by atoms with E-state index in [2.05, 4.69) is 10.3 Å². The second-order valence-electron chi connectivity index (χ2n) is 11.2. The lowest BCUT2D eigenvalue weighted by Gasteiger charge is -2.42. The van der Waals surface area contributed by atoms with Crippen LogP contribution in [0.2, 0.25) is 5.02 Å². The number of carboxylic acids is 1. The summed E-state index contributed by atoms with van der Waals surface area (Å²) in [5, 5.41) is 15.7. The Morgan fingerprint density at radius 2 is 2.05 bits per heavy atom. The number of carbonyl (C=O) groups is 3. The fourth-order valence-electron chi connectivity index (χ4n) is 5.65. The summed E-state index contributed by atoms with van der Waals surface area (Å²) in [6.45, 7) is 8.28. The van der Waals surface area contributed by atoms with E-state index in [-0.39, 0.29) is 48.4 Å². The number of aliphatic carboxylic acids is 1. The maximum Gasteiger partial charge on any atom is 0.338 e. The topological polar surface area (TPSA) is 128 Å². The molecule has 0 spiro atoms. The van der Waals surface area contributed by atoms with Gasteiger partial charge in [0.25, 0.3) is 0 Å². The van der Waals surface area contributed by atoms with Gasteiger partial charge in [-0.3, -0.25) is 14.7 Å². The monoisotopic (exact) mass is 618 g/mol. The Morgan fingerprint density at radius 1 is 1.29 bits per heavy atom. The van der Waals surface area contributed by atoms with Crippen molar-refractivity contribution in [2.45, 2.75) is 51.4 Å². The van der Waals surface area contributed by atoms with Crippen molar-refractivity contribution < 1.29 is 28.6 Å². The van der Waals surface area contributed by atoms with Crippen LogP contribution < -0.4 is 5.32 Å². The van der Waals surface area contributed by atoms with Crippen molar-refractivity contribution in [2.24, 2.45) is 4.99 Å². The number of amides is 2. The zero-order valence-corrected chi connectivity index (χ0v) is 25.2. The molecule has 0 saturated carbocycles. The number of carbonyl (C=O) groups excluding carboxylic acids is 2. The predicted octanol–water partition coefficient (Wildman–Crippen LogP) is 3.52. The standard InChI is InChI=1S/C28H32ClFN6O5S/c1-5-41-26(39)19-17(13-34-10-11-35-18(22(34)25(37)38)14-36(27(35)40)28(2,3)4)32-23(24-31-9-12-42-24)33-21(19)15-7-6-8-16(30)20(15)29/h6-9,12,18,21-22H,5,10-11,13-14H2,1-4H3,(H,32,33)(H,37,38)/t18-,21-,22+/m0/s1. The van der Waals surface area contributed by atoms with Crippen LogP contribution in [0.1, 0.15) is 44.3 Å². The van der Waals surface area contributed by atoms with Crippen LogP contribution >= 0.6 is 22.9 Å². The van der Waals surface area contributed by atoms with Gasteiger partial charge in [0.05, 0.1) is 23.2 Å². The van der Waals surface area contributed by atoms with Crippen LogP contribution in [0.4, 0.5) is 9.18 Å². The quantitative estimate of drug-likeness (QED) is 0.451. The number of rotatable bonds is 7. The van der Waals surface area contributed by atoms with Crippen molar-refractivity contribution in [3.05, 3.63) is 62.5 Å². The number of thiazole rings is 1. The zero-order valence-electron chi connectivity index (χ0n) is 23.6. The lowest BCUT2D eigenvalue weighted by atomic mass is 9.94. The number of nitrogens with zero attached hydrogens (tertiary/aromatic N) is 5. The summed E-state index contributed by atoms with van der Waals surface area (Å²) >= 11 is 7.71. The largest absolute Gasteiger partial charge is 0.480 e. The van der Waals surface area contributed by atoms with Crippen LogP contribution in [-0.4, -0.2) is 99.0 Å². The van der Waals surface area contributed by atoms with Crippen molar-refractivity contribution in [3.63, 3.8) is 0 Å². The number of ether oxygens (including phenoxy) is 1. The summed E-state index contributed by atoms with van der Waals surface area (Å²) in [5.41, 5.74) is 0.212. The normalized spacial score (nSPS) is 23.0. The molecule has 3 aliphatic rings. The maximum absolute atomic E-state index is 14.6. The number of fused-ring (bicyclic) bond motifs is 1. The molecule has 224 valence electrons. The molecule has 2 N–H and O–H groups in total. The smallest absolute Gasteiger partial charge is 0.338 e. The number of hydrogen-bond donors (Lipinski definition) is 2. The highest BCUT2D eigenvalue weighted by Gasteiger charge is 2.52. The van der Waals surface area contributed by atoms with Crippen molar-refractivity contribution in [1.82, 2.24) is 25.0 Å². The van der Waals surface area contributed by atoms with Gasteiger partial charge in [-0.25, -0.2) is 19.0 Å². The molecule has 0 aliphatic carbocycles. The SMILES string of the molecule is CCOC(=O)C1=C(CN2CCN3C(=O)N(C(C)(C)C)C[C@H]3[C@@H]2C(=O)O)NC(c2nccs2)=N[C@H]1c1cccc(F)c1Cl. The number of urea groups is 1. The van der Waals surface area contributed by atoms with E-state index in [0.717, 1.165) is 0 Å². The van der Waals surface area contributed by atoms with E-state index in [1.165, 1.54) is 23.5 Å². The average molecular weight is 619 g/mol. The fraction of sp³-hybridized carbons (Fsp3) is 0.464. The molecule has 14 heteroatoms. The number of benzene rings is 1. The first-order valence-corrected chi connectivity index (χ1v) is 14.8. The molecule has 0 bridgehead atoms. The first-order chi connectivity index (χ1) is 19.9. The molecule has 1 aromatic carbocycles. The Labute approximate surface area is 251 Å². The van der Waals surface area contributed by atoms with Gasteiger partial charge < -0.3 is 25.0 Å². The van der Waals surface area contributed by atoms with Crippen LogP contribution in [0, 0.1) is 5.82 Å². The first-order valence-electron chi connectivity index (χ1n) is 13.6. The summed E-state index contributed by atoms with van der Waals surface area (Å²) in [4.78, 5) is 53.5. The highest BCUT2D eigenvalue weighted by Crippen LogP contribution is 2.38. The van der Waals surface area contributed by atoms with Crippen LogP contribution in [0.25, 0.3) is 0 Å². The van der Waals surface area contributed by atoms with Crippen LogP contribution in [0.5, 0.6) is 0 Å². The van der Waals surface area contributed by atoms with E-state index in [0.29, 0.717) is 23.1 Å². The number of aliphatic imine (C=N–C) groups is 1. The molecule has 5 rings (SSSR count). The zero-order chi connectivity index (χ0) is 30.3. The number of halogens is 2. The lowest BCUT2D eigenvalue weighted by molar-refractivity contribution is -0.147. The van der Waals surface area contributed by atoms with E-state index in [1.807, 2.05) is 20.8 Å². The lowest BCUT2D eigenvalue weighted by Crippen LogP contribution is -2.62. The molecule has 2 aromatic rings. The molecule has 42 heavy (non-hydrogen) atoms. The Balaban J connectivity index is 1.58. The highest BCUT2D eigenvalue weighted by molar-refractivity contribution is 7.11. The minimum Gasteiger partial charge on any atom is -0.480 e. The summed E-state index contributed by atoms with van der Waals surface area (Å²) in [5.74, 6) is -2.10. The van der Waals surface area contributed by atoms with Gasteiger partial charge in [0.15, 0.2) is 10.8 Å². The molecule has 4 heterocycles. The molecular weight excluding hydrogens is 587 g/mol. The molecule has 3 atom stereocenters. The van der Waals surface area contributed by atoms with Crippen molar-refractivity contribution >= 4 is 46.7 Å². The van der Waals surface area contributed by atoms with E-state index in [4.69, 9.17) is 21.3 Å². The van der Waals surface area contributed by atoms with Gasteiger partial charge in [0, 0.05) is 54.6 Å². The van der Waals surface area contributed by atoms with E-state index < -0.39 is 41.4 Å². The number of hydrogen-bond acceptors (Lipinski definition) is 9. The summed E-state index contributed by atoms with van der Waals surface area (Å²) in [7, 11) is 0. The van der Waals surface area contributed by atoms with Crippen LogP contribution in [-0.2, 0) is 14.3 Å².